The second-order valence-corrected chi connectivity index (χ2v) is 8.92. The van der Waals surface area contributed by atoms with Gasteiger partial charge in [0.15, 0.2) is 0 Å². The largest absolute Gasteiger partial charge is 0.423 e. The van der Waals surface area contributed by atoms with Crippen molar-refractivity contribution in [2.45, 2.75) is 84.0 Å². The number of aryl methyl sites for hydroxylation is 1. The van der Waals surface area contributed by atoms with Crippen LogP contribution in [0.25, 0.3) is 0 Å². The molecule has 0 heterocycles. The van der Waals surface area contributed by atoms with E-state index in [1.165, 1.54) is 56.1 Å². The molecule has 1 atom stereocenters. The molecule has 2 aromatic rings. The van der Waals surface area contributed by atoms with E-state index in [1.54, 1.807) is 0 Å². The molecule has 2 heteroatoms. The Hall–Kier alpha value is -2.09. The molecule has 156 valence electrons. The lowest BCUT2D eigenvalue weighted by Crippen LogP contribution is -2.31. The molecule has 0 aliphatic heterocycles. The summed E-state index contributed by atoms with van der Waals surface area (Å²) in [6.45, 7) is 6.82. The van der Waals surface area contributed by atoms with Crippen molar-refractivity contribution in [3.63, 3.8) is 0 Å². The van der Waals surface area contributed by atoms with E-state index < -0.39 is 0 Å². The fraction of sp³-hybridized carbons (Fsp3) is 0.519. The summed E-state index contributed by atoms with van der Waals surface area (Å²) in [5.41, 5.74) is 3.58. The second kappa shape index (κ2) is 10.1. The molecule has 2 nitrogen and oxygen atoms in total. The number of ether oxygens (including phenoxy) is 1. The van der Waals surface area contributed by atoms with Gasteiger partial charge >= 0.3 is 5.97 Å². The van der Waals surface area contributed by atoms with Crippen LogP contribution in [0.2, 0.25) is 0 Å². The van der Waals surface area contributed by atoms with Gasteiger partial charge in [-0.3, -0.25) is 0 Å². The van der Waals surface area contributed by atoms with E-state index in [2.05, 4.69) is 32.9 Å². The molecule has 0 radical (unpaired) electrons. The molecule has 1 unspecified atom stereocenters. The van der Waals surface area contributed by atoms with E-state index in [1.807, 2.05) is 36.4 Å². The van der Waals surface area contributed by atoms with Gasteiger partial charge in [0, 0.05) is 0 Å². The van der Waals surface area contributed by atoms with Crippen LogP contribution in [-0.4, -0.2) is 5.97 Å². The highest BCUT2D eigenvalue weighted by atomic mass is 16.5. The maximum Gasteiger partial charge on any atom is 0.343 e. The van der Waals surface area contributed by atoms with Crippen LogP contribution in [0.1, 0.15) is 93.6 Å². The molecule has 0 N–H and O–H groups in total. The number of hydrogen-bond donors (Lipinski definition) is 0. The fourth-order valence-corrected chi connectivity index (χ4v) is 4.79. The Morgan fingerprint density at radius 3 is 2.21 bits per heavy atom. The van der Waals surface area contributed by atoms with E-state index in [9.17, 15) is 4.79 Å². The lowest BCUT2D eigenvalue weighted by molar-refractivity contribution is 0.0734. The molecular formula is C27H36O2. The zero-order valence-corrected chi connectivity index (χ0v) is 18.4. The predicted molar refractivity (Wildman–Crippen MR) is 121 cm³/mol. The molecule has 1 saturated carbocycles. The van der Waals surface area contributed by atoms with E-state index in [0.29, 0.717) is 16.7 Å². The normalized spacial score (nSPS) is 16.9. The van der Waals surface area contributed by atoms with Crippen LogP contribution in [0.3, 0.4) is 0 Å². The smallest absolute Gasteiger partial charge is 0.343 e. The summed E-state index contributed by atoms with van der Waals surface area (Å²) in [6.07, 6.45) is 11.2. The lowest BCUT2D eigenvalue weighted by atomic mass is 9.65. The van der Waals surface area contributed by atoms with Crippen molar-refractivity contribution in [1.29, 1.82) is 0 Å². The molecule has 0 saturated heterocycles. The number of hydrogen-bond acceptors (Lipinski definition) is 2. The molecule has 0 bridgehead atoms. The van der Waals surface area contributed by atoms with Crippen LogP contribution in [-0.2, 0) is 11.8 Å². The minimum Gasteiger partial charge on any atom is -0.423 e. The molecule has 0 amide bonds. The average Bonchev–Trinajstić information content (AvgIpc) is 2.75. The molecule has 0 aromatic heterocycles. The first-order chi connectivity index (χ1) is 14.1. The van der Waals surface area contributed by atoms with Crippen LogP contribution in [0.15, 0.2) is 48.5 Å². The Balaban J connectivity index is 1.70. The summed E-state index contributed by atoms with van der Waals surface area (Å²) >= 11 is 0. The molecule has 3 rings (SSSR count). The lowest BCUT2D eigenvalue weighted by Gasteiger charge is -2.40. The Labute approximate surface area is 176 Å². The summed E-state index contributed by atoms with van der Waals surface area (Å²) < 4.78 is 5.64. The summed E-state index contributed by atoms with van der Waals surface area (Å²) in [6, 6.07) is 16.1. The van der Waals surface area contributed by atoms with E-state index >= 15 is 0 Å². The van der Waals surface area contributed by atoms with Crippen molar-refractivity contribution in [1.82, 2.24) is 0 Å². The van der Waals surface area contributed by atoms with Gasteiger partial charge in [0.2, 0.25) is 0 Å². The van der Waals surface area contributed by atoms with Crippen molar-refractivity contribution in [3.05, 3.63) is 65.2 Å². The first-order valence-electron chi connectivity index (χ1n) is 11.5. The minimum atomic E-state index is -0.284. The van der Waals surface area contributed by atoms with Gasteiger partial charge in [-0.25, -0.2) is 4.79 Å². The average molecular weight is 393 g/mol. The van der Waals surface area contributed by atoms with Crippen molar-refractivity contribution >= 4 is 5.97 Å². The summed E-state index contributed by atoms with van der Waals surface area (Å²) in [7, 11) is 0. The van der Waals surface area contributed by atoms with Crippen molar-refractivity contribution in [2.75, 3.05) is 0 Å². The summed E-state index contributed by atoms with van der Waals surface area (Å²) in [5, 5.41) is 0. The maximum absolute atomic E-state index is 12.5. The summed E-state index contributed by atoms with van der Waals surface area (Å²) in [4.78, 5) is 12.5. The third kappa shape index (κ3) is 5.50. The quantitative estimate of drug-likeness (QED) is 0.343. The van der Waals surface area contributed by atoms with Gasteiger partial charge in [0.25, 0.3) is 0 Å². The number of esters is 1. The molecule has 1 fully saturated rings. The van der Waals surface area contributed by atoms with Gasteiger partial charge < -0.3 is 4.74 Å². The van der Waals surface area contributed by atoms with Gasteiger partial charge in [-0.2, -0.15) is 0 Å². The van der Waals surface area contributed by atoms with Crippen molar-refractivity contribution in [3.8, 4) is 5.75 Å². The molecule has 0 spiro atoms. The van der Waals surface area contributed by atoms with Gasteiger partial charge in [-0.15, -0.1) is 0 Å². The van der Waals surface area contributed by atoms with E-state index in [-0.39, 0.29) is 5.97 Å². The van der Waals surface area contributed by atoms with Gasteiger partial charge in [-0.1, -0.05) is 77.1 Å². The van der Waals surface area contributed by atoms with Crippen molar-refractivity contribution in [2.24, 2.45) is 5.92 Å². The third-order valence-electron chi connectivity index (χ3n) is 6.65. The fourth-order valence-electron chi connectivity index (χ4n) is 4.79. The van der Waals surface area contributed by atoms with E-state index in [0.717, 1.165) is 18.8 Å². The topological polar surface area (TPSA) is 26.3 Å². The monoisotopic (exact) mass is 392 g/mol. The Morgan fingerprint density at radius 1 is 0.966 bits per heavy atom. The molecule has 29 heavy (non-hydrogen) atoms. The zero-order chi connectivity index (χ0) is 20.7. The molecular weight excluding hydrogens is 356 g/mol. The molecule has 1 aliphatic carbocycles. The Kier molecular flexibility index (Phi) is 7.52. The SMILES string of the molecule is CCCc1ccc(C(=O)Oc2ccc(C3(CC(C)CC)CCCCC3)cc2)cc1. The third-order valence-corrected chi connectivity index (χ3v) is 6.65. The van der Waals surface area contributed by atoms with Crippen LogP contribution < -0.4 is 4.74 Å². The highest BCUT2D eigenvalue weighted by molar-refractivity contribution is 5.91. The Bertz CT molecular complexity index is 767. The van der Waals surface area contributed by atoms with Gasteiger partial charge in [0.05, 0.1) is 5.56 Å². The number of rotatable bonds is 8. The van der Waals surface area contributed by atoms with E-state index in [4.69, 9.17) is 4.74 Å². The highest BCUT2D eigenvalue weighted by Crippen LogP contribution is 2.44. The van der Waals surface area contributed by atoms with Gasteiger partial charge in [-0.05, 0) is 72.4 Å². The predicted octanol–water partition coefficient (Wildman–Crippen LogP) is 7.50. The number of benzene rings is 2. The van der Waals surface area contributed by atoms with Crippen LogP contribution in [0.4, 0.5) is 0 Å². The van der Waals surface area contributed by atoms with Gasteiger partial charge in [0.1, 0.15) is 5.75 Å². The summed E-state index contributed by atoms with van der Waals surface area (Å²) in [5.74, 6) is 1.08. The van der Waals surface area contributed by atoms with Crippen molar-refractivity contribution < 1.29 is 9.53 Å². The van der Waals surface area contributed by atoms with Crippen LogP contribution in [0, 0.1) is 5.92 Å². The zero-order valence-electron chi connectivity index (χ0n) is 18.4. The standard InChI is InChI=1S/C27H36O2/c1-4-9-22-10-12-23(13-11-22)26(28)29-25-16-14-24(15-17-25)27(20-21(3)5-2)18-7-6-8-19-27/h10-17,21H,4-9,18-20H2,1-3H3. The second-order valence-electron chi connectivity index (χ2n) is 8.92. The highest BCUT2D eigenvalue weighted by Gasteiger charge is 2.34. The maximum atomic E-state index is 12.5. The molecule has 1 aliphatic rings. The first kappa shape index (κ1) is 21.6. The minimum absolute atomic E-state index is 0.284. The molecule has 2 aromatic carbocycles. The Morgan fingerprint density at radius 2 is 1.62 bits per heavy atom. The van der Waals surface area contributed by atoms with Crippen LogP contribution in [0.5, 0.6) is 5.75 Å². The van der Waals surface area contributed by atoms with Crippen LogP contribution >= 0.6 is 0 Å². The first-order valence-corrected chi connectivity index (χ1v) is 11.5. The number of carbonyl (C=O) groups is 1. The number of carbonyl (C=O) groups excluding carboxylic acids is 1.